The van der Waals surface area contributed by atoms with Crippen LogP contribution in [-0.4, -0.2) is 29.7 Å². The lowest BCUT2D eigenvalue weighted by Crippen LogP contribution is -2.63. The highest BCUT2D eigenvalue weighted by Gasteiger charge is 2.50. The van der Waals surface area contributed by atoms with Crippen LogP contribution in [-0.2, 0) is 17.1 Å². The summed E-state index contributed by atoms with van der Waals surface area (Å²) in [6.45, 7) is 3.62. The second kappa shape index (κ2) is 11.2. The molecule has 2 unspecified atom stereocenters. The van der Waals surface area contributed by atoms with Crippen LogP contribution in [0.3, 0.4) is 0 Å². The molecular weight excluding hydrogens is 440 g/mol. The molecule has 0 aliphatic carbocycles. The maximum Gasteiger partial charge on any atom is 0.282 e. The number of hydrogen-bond donors (Lipinski definition) is 1. The van der Waals surface area contributed by atoms with Gasteiger partial charge in [-0.2, -0.15) is 0 Å². The molecule has 2 aliphatic heterocycles. The lowest BCUT2D eigenvalue weighted by atomic mass is 9.91. The Hall–Kier alpha value is -3.64. The van der Waals surface area contributed by atoms with Crippen molar-refractivity contribution in [2.45, 2.75) is 51.0 Å². The summed E-state index contributed by atoms with van der Waals surface area (Å²) in [5, 5.41) is 0. The smallest absolute Gasteiger partial charge is 0.282 e. The average molecular weight is 473 g/mol. The number of nitrogens with zero attached hydrogens (tertiary/aromatic N) is 1. The largest absolute Gasteiger partial charge is 0.488 e. The second-order valence-corrected chi connectivity index (χ2v) is 8.78. The molecule has 2 atom stereocenters. The number of nitrogens with two attached hydrogens (primary N) is 1. The van der Waals surface area contributed by atoms with Gasteiger partial charge in [-0.25, -0.2) is 0 Å². The molecule has 1 fully saturated rings. The molecule has 2 aliphatic rings. The number of para-hydroxylation sites is 2. The molecule has 0 radical (unpaired) electrons. The molecule has 2 heterocycles. The zero-order valence-electron chi connectivity index (χ0n) is 20.1. The monoisotopic (exact) mass is 472 g/mol. The zero-order chi connectivity index (χ0) is 24.7. The van der Waals surface area contributed by atoms with Crippen LogP contribution in [0.15, 0.2) is 78.9 Å². The zero-order valence-corrected chi connectivity index (χ0v) is 20.1. The Labute approximate surface area is 206 Å². The number of carbonyl (C=O) groups excluding carboxylic acids is 2. The average Bonchev–Trinajstić information content (AvgIpc) is 2.89. The number of benzene rings is 3. The Bertz CT molecular complexity index is 1130. The van der Waals surface area contributed by atoms with E-state index in [0.717, 1.165) is 44.3 Å². The van der Waals surface area contributed by atoms with Crippen molar-refractivity contribution in [2.75, 3.05) is 6.54 Å². The summed E-state index contributed by atoms with van der Waals surface area (Å²) in [6.07, 6.45) is 4.69. The Morgan fingerprint density at radius 3 is 2.37 bits per heavy atom. The maximum absolute atomic E-state index is 13.0. The van der Waals surface area contributed by atoms with E-state index in [4.69, 9.17) is 15.2 Å². The van der Waals surface area contributed by atoms with E-state index in [-0.39, 0.29) is 6.04 Å². The van der Waals surface area contributed by atoms with Crippen molar-refractivity contribution in [3.8, 4) is 11.5 Å². The number of hydrogen-bond acceptors (Lipinski definition) is 5. The van der Waals surface area contributed by atoms with Gasteiger partial charge in [0.2, 0.25) is 0 Å². The Morgan fingerprint density at radius 2 is 1.77 bits per heavy atom. The highest BCUT2D eigenvalue weighted by atomic mass is 16.5. The highest BCUT2D eigenvalue weighted by molar-refractivity contribution is 5.86. The van der Waals surface area contributed by atoms with E-state index in [9.17, 15) is 9.59 Å². The van der Waals surface area contributed by atoms with E-state index >= 15 is 0 Å². The molecule has 3 aromatic rings. The van der Waals surface area contributed by atoms with Crippen LogP contribution in [0.1, 0.15) is 54.1 Å². The minimum Gasteiger partial charge on any atom is -0.488 e. The van der Waals surface area contributed by atoms with Gasteiger partial charge in [-0.1, -0.05) is 74.0 Å². The summed E-state index contributed by atoms with van der Waals surface area (Å²) in [5.74, 6) is 0.831. The van der Waals surface area contributed by atoms with Gasteiger partial charge in [0.25, 0.3) is 11.6 Å². The summed E-state index contributed by atoms with van der Waals surface area (Å²) in [5.41, 5.74) is 6.94. The van der Waals surface area contributed by atoms with E-state index in [1.54, 1.807) is 24.3 Å². The highest BCUT2D eigenvalue weighted by Crippen LogP contribution is 2.38. The molecular formula is C29H32N2O4. The van der Waals surface area contributed by atoms with Crippen LogP contribution in [0.25, 0.3) is 0 Å². The van der Waals surface area contributed by atoms with Gasteiger partial charge in [-0.05, 0) is 37.5 Å². The van der Waals surface area contributed by atoms with Crippen LogP contribution < -0.4 is 15.2 Å². The molecule has 182 valence electrons. The SMILES string of the molecule is CCC1CCCCN1C(Oc1ccccc1C=O)(C(N)=O)c1ccccc1.c1ccc2c(c1)CO2. The number of ether oxygens (including phenoxy) is 2. The van der Waals surface area contributed by atoms with Gasteiger partial charge in [-0.3, -0.25) is 14.5 Å². The molecule has 35 heavy (non-hydrogen) atoms. The van der Waals surface area contributed by atoms with Gasteiger partial charge in [0, 0.05) is 23.7 Å². The van der Waals surface area contributed by atoms with Crippen molar-refractivity contribution in [2.24, 2.45) is 5.73 Å². The Kier molecular flexibility index (Phi) is 7.83. The number of piperidine rings is 1. The molecule has 0 spiro atoms. The van der Waals surface area contributed by atoms with Crippen molar-refractivity contribution in [3.05, 3.63) is 95.6 Å². The predicted molar refractivity (Wildman–Crippen MR) is 135 cm³/mol. The van der Waals surface area contributed by atoms with E-state index in [0.29, 0.717) is 23.4 Å². The van der Waals surface area contributed by atoms with E-state index in [1.807, 2.05) is 48.5 Å². The van der Waals surface area contributed by atoms with Crippen molar-refractivity contribution in [3.63, 3.8) is 0 Å². The summed E-state index contributed by atoms with van der Waals surface area (Å²) in [7, 11) is 0. The van der Waals surface area contributed by atoms with Crippen molar-refractivity contribution in [1.29, 1.82) is 0 Å². The first-order valence-corrected chi connectivity index (χ1v) is 12.2. The number of primary amides is 1. The fourth-order valence-electron chi connectivity index (χ4n) is 4.79. The van der Waals surface area contributed by atoms with Crippen molar-refractivity contribution < 1.29 is 19.1 Å². The fourth-order valence-corrected chi connectivity index (χ4v) is 4.79. The minimum atomic E-state index is -1.46. The molecule has 0 saturated carbocycles. The van der Waals surface area contributed by atoms with Crippen LogP contribution in [0.4, 0.5) is 0 Å². The molecule has 6 heteroatoms. The third-order valence-electron chi connectivity index (χ3n) is 6.66. The van der Waals surface area contributed by atoms with Crippen molar-refractivity contribution in [1.82, 2.24) is 4.90 Å². The van der Waals surface area contributed by atoms with Gasteiger partial charge < -0.3 is 15.2 Å². The molecule has 3 aromatic carbocycles. The number of rotatable bonds is 7. The molecule has 2 N–H and O–H groups in total. The number of likely N-dealkylation sites (tertiary alicyclic amines) is 1. The van der Waals surface area contributed by atoms with Crippen LogP contribution in [0.5, 0.6) is 11.5 Å². The summed E-state index contributed by atoms with van der Waals surface area (Å²) in [4.78, 5) is 26.5. The fraction of sp³-hybridized carbons (Fsp3) is 0.310. The Balaban J connectivity index is 0.000000301. The molecule has 1 saturated heterocycles. The van der Waals surface area contributed by atoms with Gasteiger partial charge in [-0.15, -0.1) is 0 Å². The standard InChI is InChI=1S/C22H26N2O3.C7H6O/c1-2-19-13-8-9-15-24(19)22(21(23)26,18-11-4-3-5-12-18)27-20-14-7-6-10-17(20)16-25;1-2-4-7-6(3-1)5-8-7/h3-7,10-12,14,16,19H,2,8-9,13,15H2,1H3,(H2,23,26);1-4H,5H2. The normalized spacial score (nSPS) is 18.4. The molecule has 5 rings (SSSR count). The summed E-state index contributed by atoms with van der Waals surface area (Å²) in [6, 6.07) is 24.5. The first kappa shape index (κ1) is 24.5. The maximum atomic E-state index is 13.0. The molecule has 0 bridgehead atoms. The number of carbonyl (C=O) groups is 2. The van der Waals surface area contributed by atoms with Crippen LogP contribution >= 0.6 is 0 Å². The van der Waals surface area contributed by atoms with Crippen LogP contribution in [0, 0.1) is 0 Å². The lowest BCUT2D eigenvalue weighted by Gasteiger charge is -2.47. The minimum absolute atomic E-state index is 0.176. The Morgan fingerprint density at radius 1 is 1.06 bits per heavy atom. The quantitative estimate of drug-likeness (QED) is 0.486. The van der Waals surface area contributed by atoms with E-state index in [1.165, 1.54) is 5.56 Å². The van der Waals surface area contributed by atoms with E-state index in [2.05, 4.69) is 17.9 Å². The number of fused-ring (bicyclic) bond motifs is 1. The van der Waals surface area contributed by atoms with Gasteiger partial charge >= 0.3 is 0 Å². The van der Waals surface area contributed by atoms with Crippen LogP contribution in [0.2, 0.25) is 0 Å². The van der Waals surface area contributed by atoms with Gasteiger partial charge in [0.1, 0.15) is 18.1 Å². The third-order valence-corrected chi connectivity index (χ3v) is 6.66. The molecule has 6 nitrogen and oxygen atoms in total. The first-order valence-electron chi connectivity index (χ1n) is 12.2. The number of amides is 1. The summed E-state index contributed by atoms with van der Waals surface area (Å²) >= 11 is 0. The predicted octanol–water partition coefficient (Wildman–Crippen LogP) is 5.06. The first-order chi connectivity index (χ1) is 17.1. The van der Waals surface area contributed by atoms with E-state index < -0.39 is 11.6 Å². The summed E-state index contributed by atoms with van der Waals surface area (Å²) < 4.78 is 11.4. The van der Waals surface area contributed by atoms with Gasteiger partial charge in [0.05, 0.1) is 5.56 Å². The molecule has 1 amide bonds. The molecule has 0 aromatic heterocycles. The van der Waals surface area contributed by atoms with Gasteiger partial charge in [0.15, 0.2) is 6.29 Å². The third kappa shape index (κ3) is 5.08. The topological polar surface area (TPSA) is 81.9 Å². The van der Waals surface area contributed by atoms with Crippen molar-refractivity contribution >= 4 is 12.2 Å². The lowest BCUT2D eigenvalue weighted by molar-refractivity contribution is -0.166. The second-order valence-electron chi connectivity index (χ2n) is 8.78. The number of aldehydes is 1.